The standard InChI is InChI=1S/C40H68O10/c1-3-5-7-9-11-13-15-17-19-21-23-25-27-29-36(43)49-33(32-48-40-39(46)38(45)37(44)34(30-41)50-40)31-47-35(42)28-26-24-22-20-18-16-14-12-10-8-6-4-2/h5,7,9,11,13,15,17,19,33-34,37-41,44-46H,3-4,6,8,10,12,14,16,18,20-32H2,1-2H3/b7-5+,11-9+,15-13+,19-17+/t33?,34-,37+,38?,39?,40-/m0/s1. The molecule has 1 fully saturated rings. The van der Waals surface area contributed by atoms with E-state index in [1.165, 1.54) is 57.8 Å². The Morgan fingerprint density at radius 3 is 1.78 bits per heavy atom. The van der Waals surface area contributed by atoms with Crippen LogP contribution in [0.2, 0.25) is 0 Å². The molecule has 0 bridgehead atoms. The first-order valence-electron chi connectivity index (χ1n) is 19.3. The molecule has 10 heteroatoms. The molecule has 0 amide bonds. The average molecular weight is 709 g/mol. The first-order chi connectivity index (χ1) is 24.3. The zero-order chi connectivity index (χ0) is 36.7. The fourth-order valence-electron chi connectivity index (χ4n) is 5.49. The number of esters is 2. The van der Waals surface area contributed by atoms with Crippen LogP contribution in [0.1, 0.15) is 136 Å². The van der Waals surface area contributed by atoms with Crippen LogP contribution in [-0.2, 0) is 28.5 Å². The normalized spacial score (nSPS) is 21.9. The predicted octanol–water partition coefficient (Wildman–Crippen LogP) is 6.93. The van der Waals surface area contributed by atoms with Gasteiger partial charge in [-0.2, -0.15) is 0 Å². The summed E-state index contributed by atoms with van der Waals surface area (Å²) in [5.74, 6) is -0.856. The van der Waals surface area contributed by atoms with Gasteiger partial charge in [0.1, 0.15) is 31.0 Å². The van der Waals surface area contributed by atoms with Crippen LogP contribution in [0.5, 0.6) is 0 Å². The lowest BCUT2D eigenvalue weighted by molar-refractivity contribution is -0.305. The maximum absolute atomic E-state index is 12.7. The smallest absolute Gasteiger partial charge is 0.306 e. The third-order valence-electron chi connectivity index (χ3n) is 8.57. The van der Waals surface area contributed by atoms with E-state index in [1.54, 1.807) is 0 Å². The van der Waals surface area contributed by atoms with Crippen LogP contribution in [0.15, 0.2) is 48.6 Å². The maximum atomic E-state index is 12.7. The number of rotatable bonds is 30. The summed E-state index contributed by atoms with van der Waals surface area (Å²) in [6.45, 7) is 3.21. The van der Waals surface area contributed by atoms with Gasteiger partial charge < -0.3 is 39.4 Å². The summed E-state index contributed by atoms with van der Waals surface area (Å²) in [7, 11) is 0. The number of carbonyl (C=O) groups excluding carboxylic acids is 2. The molecule has 10 nitrogen and oxygen atoms in total. The Morgan fingerprint density at radius 2 is 1.18 bits per heavy atom. The first kappa shape index (κ1) is 45.7. The zero-order valence-electron chi connectivity index (χ0n) is 30.9. The average Bonchev–Trinajstić information content (AvgIpc) is 3.11. The number of hydrogen-bond donors (Lipinski definition) is 4. The largest absolute Gasteiger partial charge is 0.462 e. The lowest BCUT2D eigenvalue weighted by Gasteiger charge is -2.39. The van der Waals surface area contributed by atoms with E-state index in [0.29, 0.717) is 6.42 Å². The number of aliphatic hydroxyl groups is 4. The van der Waals surface area contributed by atoms with Crippen molar-refractivity contribution in [2.75, 3.05) is 19.8 Å². The Kier molecular flexibility index (Phi) is 28.7. The molecule has 0 spiro atoms. The zero-order valence-corrected chi connectivity index (χ0v) is 30.9. The Balaban J connectivity index is 2.44. The highest BCUT2D eigenvalue weighted by Gasteiger charge is 2.44. The number of hydrogen-bond acceptors (Lipinski definition) is 10. The molecule has 6 atom stereocenters. The van der Waals surface area contributed by atoms with E-state index < -0.39 is 55.4 Å². The highest BCUT2D eigenvalue weighted by atomic mass is 16.7. The van der Waals surface area contributed by atoms with Crippen LogP contribution in [0.3, 0.4) is 0 Å². The number of carbonyl (C=O) groups is 2. The summed E-state index contributed by atoms with van der Waals surface area (Å²) in [6.07, 6.45) is 27.0. The fraction of sp³-hybridized carbons (Fsp3) is 0.750. The van der Waals surface area contributed by atoms with E-state index in [-0.39, 0.29) is 26.1 Å². The van der Waals surface area contributed by atoms with Crippen molar-refractivity contribution in [2.24, 2.45) is 0 Å². The van der Waals surface area contributed by atoms with Crippen molar-refractivity contribution in [2.45, 2.75) is 173 Å². The first-order valence-corrected chi connectivity index (χ1v) is 19.3. The topological polar surface area (TPSA) is 152 Å². The van der Waals surface area contributed by atoms with Gasteiger partial charge in [-0.3, -0.25) is 9.59 Å². The molecule has 1 aliphatic heterocycles. The lowest BCUT2D eigenvalue weighted by atomic mass is 9.99. The molecule has 1 heterocycles. The number of unbranched alkanes of at least 4 members (excludes halogenated alkanes) is 14. The van der Waals surface area contributed by atoms with Crippen molar-refractivity contribution in [3.8, 4) is 0 Å². The third kappa shape index (κ3) is 23.2. The molecule has 288 valence electrons. The lowest BCUT2D eigenvalue weighted by Crippen LogP contribution is -2.59. The minimum absolute atomic E-state index is 0.184. The van der Waals surface area contributed by atoms with Crippen molar-refractivity contribution < 1.29 is 49.0 Å². The Bertz CT molecular complexity index is 960. The summed E-state index contributed by atoms with van der Waals surface area (Å²) < 4.78 is 22.0. The molecule has 4 N–H and O–H groups in total. The van der Waals surface area contributed by atoms with E-state index >= 15 is 0 Å². The van der Waals surface area contributed by atoms with Crippen molar-refractivity contribution in [3.63, 3.8) is 0 Å². The summed E-state index contributed by atoms with van der Waals surface area (Å²) >= 11 is 0. The molecule has 0 radical (unpaired) electrons. The van der Waals surface area contributed by atoms with Gasteiger partial charge in [-0.1, -0.05) is 140 Å². The van der Waals surface area contributed by atoms with E-state index in [9.17, 15) is 30.0 Å². The summed E-state index contributed by atoms with van der Waals surface area (Å²) in [5.41, 5.74) is 0. The van der Waals surface area contributed by atoms with Gasteiger partial charge >= 0.3 is 11.9 Å². The highest BCUT2D eigenvalue weighted by molar-refractivity contribution is 5.70. The van der Waals surface area contributed by atoms with Crippen molar-refractivity contribution >= 4 is 11.9 Å². The van der Waals surface area contributed by atoms with E-state index in [2.05, 4.69) is 26.0 Å². The van der Waals surface area contributed by atoms with E-state index in [1.807, 2.05) is 36.5 Å². The molecule has 0 saturated carbocycles. The molecule has 0 aliphatic carbocycles. The van der Waals surface area contributed by atoms with Gasteiger partial charge in [-0.15, -0.1) is 0 Å². The van der Waals surface area contributed by atoms with Crippen LogP contribution in [0.4, 0.5) is 0 Å². The summed E-state index contributed by atoms with van der Waals surface area (Å²) in [6, 6.07) is 0. The van der Waals surface area contributed by atoms with Gasteiger partial charge in [0.2, 0.25) is 0 Å². The SMILES string of the molecule is CC/C=C/C=C/C=C/C=C/CCCCCC(=O)OC(COC(=O)CCCCCCCCCCCCCC)CO[C@H]1O[C@@H](CO)[C@@H](O)C(O)C1O. The molecular formula is C40H68O10. The van der Waals surface area contributed by atoms with E-state index in [0.717, 1.165) is 44.9 Å². The molecule has 3 unspecified atom stereocenters. The third-order valence-corrected chi connectivity index (χ3v) is 8.57. The van der Waals surface area contributed by atoms with Gasteiger partial charge in [-0.05, 0) is 32.1 Å². The van der Waals surface area contributed by atoms with Gasteiger partial charge in [-0.25, -0.2) is 0 Å². The minimum Gasteiger partial charge on any atom is -0.462 e. The monoisotopic (exact) mass is 708 g/mol. The van der Waals surface area contributed by atoms with Crippen LogP contribution in [-0.4, -0.2) is 89.0 Å². The van der Waals surface area contributed by atoms with Crippen LogP contribution >= 0.6 is 0 Å². The minimum atomic E-state index is -1.60. The van der Waals surface area contributed by atoms with Crippen LogP contribution in [0.25, 0.3) is 0 Å². The summed E-state index contributed by atoms with van der Waals surface area (Å²) in [5, 5.41) is 39.9. The van der Waals surface area contributed by atoms with Crippen LogP contribution in [0, 0.1) is 0 Å². The molecule has 0 aromatic heterocycles. The van der Waals surface area contributed by atoms with Gasteiger partial charge in [0.25, 0.3) is 0 Å². The second kappa shape index (κ2) is 31.4. The number of ether oxygens (including phenoxy) is 4. The molecular weight excluding hydrogens is 640 g/mol. The Hall–Kier alpha value is -2.34. The molecule has 0 aromatic carbocycles. The van der Waals surface area contributed by atoms with Crippen LogP contribution < -0.4 is 0 Å². The van der Waals surface area contributed by atoms with Gasteiger partial charge in [0.15, 0.2) is 12.4 Å². The fourth-order valence-corrected chi connectivity index (χ4v) is 5.49. The second-order valence-electron chi connectivity index (χ2n) is 13.1. The summed E-state index contributed by atoms with van der Waals surface area (Å²) in [4.78, 5) is 25.1. The van der Waals surface area contributed by atoms with Gasteiger partial charge in [0, 0.05) is 12.8 Å². The Morgan fingerprint density at radius 1 is 0.640 bits per heavy atom. The molecule has 50 heavy (non-hydrogen) atoms. The van der Waals surface area contributed by atoms with Crippen molar-refractivity contribution in [3.05, 3.63) is 48.6 Å². The second-order valence-corrected chi connectivity index (χ2v) is 13.1. The van der Waals surface area contributed by atoms with Crippen molar-refractivity contribution in [1.29, 1.82) is 0 Å². The number of allylic oxidation sites excluding steroid dienone is 8. The Labute approximate surface area is 301 Å². The molecule has 1 saturated heterocycles. The molecule has 0 aromatic rings. The molecule has 1 aliphatic rings. The predicted molar refractivity (Wildman–Crippen MR) is 196 cm³/mol. The molecule has 1 rings (SSSR count). The van der Waals surface area contributed by atoms with Gasteiger partial charge in [0.05, 0.1) is 13.2 Å². The number of aliphatic hydroxyl groups excluding tert-OH is 4. The van der Waals surface area contributed by atoms with Crippen molar-refractivity contribution in [1.82, 2.24) is 0 Å². The highest BCUT2D eigenvalue weighted by Crippen LogP contribution is 2.22. The quantitative estimate of drug-likeness (QED) is 0.0351. The maximum Gasteiger partial charge on any atom is 0.306 e. The van der Waals surface area contributed by atoms with E-state index in [4.69, 9.17) is 18.9 Å².